The molecule has 2 aromatic rings. The van der Waals surface area contributed by atoms with Crippen molar-refractivity contribution in [1.29, 1.82) is 0 Å². The van der Waals surface area contributed by atoms with Crippen molar-refractivity contribution < 1.29 is 17.9 Å². The molecule has 1 aliphatic heterocycles. The molecule has 2 heterocycles. The maximum Gasteiger partial charge on any atom is 0.309 e. The molecule has 3 rings (SSSR count). The van der Waals surface area contributed by atoms with E-state index in [1.54, 1.807) is 17.5 Å². The second kappa shape index (κ2) is 7.68. The van der Waals surface area contributed by atoms with Gasteiger partial charge in [-0.3, -0.25) is 4.79 Å². The van der Waals surface area contributed by atoms with E-state index in [0.29, 0.717) is 30.1 Å². The van der Waals surface area contributed by atoms with Crippen LogP contribution in [-0.4, -0.2) is 31.8 Å². The highest BCUT2D eigenvalue weighted by Crippen LogP contribution is 2.28. The molecule has 0 unspecified atom stereocenters. The summed E-state index contributed by atoms with van der Waals surface area (Å²) in [6, 6.07) is 12.9. The number of ether oxygens (including phenoxy) is 1. The van der Waals surface area contributed by atoms with Gasteiger partial charge in [0, 0.05) is 13.1 Å². The van der Waals surface area contributed by atoms with Gasteiger partial charge in [-0.25, -0.2) is 8.42 Å². The summed E-state index contributed by atoms with van der Waals surface area (Å²) in [4.78, 5) is 12.4. The van der Waals surface area contributed by atoms with Crippen molar-refractivity contribution in [3.05, 3.63) is 53.4 Å². The third-order valence-corrected chi connectivity index (χ3v) is 7.71. The van der Waals surface area contributed by atoms with Gasteiger partial charge in [0.2, 0.25) is 0 Å². The molecule has 0 bridgehead atoms. The number of nitrogens with zero attached hydrogens (tertiary/aromatic N) is 1. The second-order valence-corrected chi connectivity index (χ2v) is 9.21. The van der Waals surface area contributed by atoms with E-state index in [2.05, 4.69) is 0 Å². The molecule has 5 nitrogen and oxygen atoms in total. The van der Waals surface area contributed by atoms with Crippen molar-refractivity contribution in [2.24, 2.45) is 5.92 Å². The van der Waals surface area contributed by atoms with Crippen molar-refractivity contribution in [3.63, 3.8) is 0 Å². The SMILES string of the molecule is C[C@H](OC(=O)C1CCN(S(=O)(=O)c2cccs2)CC1)c1ccccc1. The van der Waals surface area contributed by atoms with Crippen LogP contribution in [-0.2, 0) is 19.6 Å². The molecule has 25 heavy (non-hydrogen) atoms. The Kier molecular flexibility index (Phi) is 5.56. The average molecular weight is 380 g/mol. The Labute approximate surface area is 152 Å². The van der Waals surface area contributed by atoms with Gasteiger partial charge in [-0.2, -0.15) is 4.31 Å². The number of carbonyl (C=O) groups is 1. The van der Waals surface area contributed by atoms with Crippen LogP contribution < -0.4 is 0 Å². The maximum atomic E-state index is 12.5. The molecule has 0 aliphatic carbocycles. The lowest BCUT2D eigenvalue weighted by Crippen LogP contribution is -2.40. The topological polar surface area (TPSA) is 63.7 Å². The zero-order valence-corrected chi connectivity index (χ0v) is 15.6. The van der Waals surface area contributed by atoms with Crippen LogP contribution in [0.2, 0.25) is 0 Å². The van der Waals surface area contributed by atoms with E-state index in [1.165, 1.54) is 15.6 Å². The van der Waals surface area contributed by atoms with E-state index in [0.717, 1.165) is 5.56 Å². The number of carbonyl (C=O) groups excluding carboxylic acids is 1. The van der Waals surface area contributed by atoms with Crippen molar-refractivity contribution in [2.75, 3.05) is 13.1 Å². The van der Waals surface area contributed by atoms with Crippen molar-refractivity contribution in [3.8, 4) is 0 Å². The van der Waals surface area contributed by atoms with Crippen LogP contribution in [0.25, 0.3) is 0 Å². The minimum Gasteiger partial charge on any atom is -0.458 e. The van der Waals surface area contributed by atoms with Gasteiger partial charge >= 0.3 is 5.97 Å². The summed E-state index contributed by atoms with van der Waals surface area (Å²) in [5.74, 6) is -0.495. The molecule has 0 radical (unpaired) electrons. The summed E-state index contributed by atoms with van der Waals surface area (Å²) in [7, 11) is -3.43. The fourth-order valence-corrected chi connectivity index (χ4v) is 5.55. The monoisotopic (exact) mass is 379 g/mol. The zero-order chi connectivity index (χ0) is 17.9. The largest absolute Gasteiger partial charge is 0.458 e. The van der Waals surface area contributed by atoms with Crippen LogP contribution in [0.5, 0.6) is 0 Å². The molecule has 1 atom stereocenters. The summed E-state index contributed by atoms with van der Waals surface area (Å²) in [5, 5.41) is 1.75. The van der Waals surface area contributed by atoms with Crippen LogP contribution in [0.15, 0.2) is 52.1 Å². The summed E-state index contributed by atoms with van der Waals surface area (Å²) in [5.41, 5.74) is 0.952. The van der Waals surface area contributed by atoms with E-state index < -0.39 is 10.0 Å². The third-order valence-electron chi connectivity index (χ3n) is 4.44. The number of thiophene rings is 1. The fraction of sp³-hybridized carbons (Fsp3) is 0.389. The first-order valence-corrected chi connectivity index (χ1v) is 10.6. The Balaban J connectivity index is 1.56. The first-order chi connectivity index (χ1) is 12.0. The van der Waals surface area contributed by atoms with E-state index in [1.807, 2.05) is 37.3 Å². The minimum absolute atomic E-state index is 0.246. The molecular weight excluding hydrogens is 358 g/mol. The number of hydrogen-bond acceptors (Lipinski definition) is 5. The molecular formula is C18H21NO4S2. The highest BCUT2D eigenvalue weighted by atomic mass is 32.2. The molecule has 1 aromatic carbocycles. The Bertz CT molecular complexity index is 795. The smallest absolute Gasteiger partial charge is 0.309 e. The number of benzene rings is 1. The Morgan fingerprint density at radius 1 is 1.16 bits per heavy atom. The summed E-state index contributed by atoms with van der Waals surface area (Å²) in [6.07, 6.45) is 0.678. The Morgan fingerprint density at radius 2 is 1.84 bits per heavy atom. The molecule has 0 spiro atoms. The number of esters is 1. The molecule has 0 N–H and O–H groups in total. The normalized spacial score (nSPS) is 18.0. The van der Waals surface area contributed by atoms with Gasteiger partial charge in [0.05, 0.1) is 5.92 Å². The first-order valence-electron chi connectivity index (χ1n) is 8.27. The third kappa shape index (κ3) is 4.11. The summed E-state index contributed by atoms with van der Waals surface area (Å²) >= 11 is 1.22. The van der Waals surface area contributed by atoms with Gasteiger partial charge in [0.15, 0.2) is 0 Å². The molecule has 1 aromatic heterocycles. The van der Waals surface area contributed by atoms with Gasteiger partial charge in [-0.1, -0.05) is 36.4 Å². The molecule has 1 fully saturated rings. The lowest BCUT2D eigenvalue weighted by Gasteiger charge is -2.30. The summed E-state index contributed by atoms with van der Waals surface area (Å²) in [6.45, 7) is 2.54. The number of rotatable bonds is 5. The average Bonchev–Trinajstić information content (AvgIpc) is 3.18. The zero-order valence-electron chi connectivity index (χ0n) is 14.0. The van der Waals surface area contributed by atoms with Crippen LogP contribution >= 0.6 is 11.3 Å². The van der Waals surface area contributed by atoms with Crippen LogP contribution in [0, 0.1) is 5.92 Å². The van der Waals surface area contributed by atoms with Gasteiger partial charge < -0.3 is 4.74 Å². The number of sulfonamides is 1. The van der Waals surface area contributed by atoms with Gasteiger partial charge in [-0.05, 0) is 36.8 Å². The second-order valence-electron chi connectivity index (χ2n) is 6.10. The van der Waals surface area contributed by atoms with Crippen molar-refractivity contribution in [1.82, 2.24) is 4.31 Å². The predicted molar refractivity (Wildman–Crippen MR) is 96.8 cm³/mol. The van der Waals surface area contributed by atoms with E-state index in [4.69, 9.17) is 4.74 Å². The quantitative estimate of drug-likeness (QED) is 0.747. The van der Waals surface area contributed by atoms with Gasteiger partial charge in [0.25, 0.3) is 10.0 Å². The molecule has 7 heteroatoms. The highest BCUT2D eigenvalue weighted by Gasteiger charge is 2.33. The lowest BCUT2D eigenvalue weighted by molar-refractivity contribution is -0.155. The van der Waals surface area contributed by atoms with E-state index >= 15 is 0 Å². The fourth-order valence-electron chi connectivity index (χ4n) is 2.93. The number of piperidine rings is 1. The van der Waals surface area contributed by atoms with Crippen molar-refractivity contribution >= 4 is 27.3 Å². The summed E-state index contributed by atoms with van der Waals surface area (Å²) < 4.78 is 32.4. The highest BCUT2D eigenvalue weighted by molar-refractivity contribution is 7.91. The molecule has 134 valence electrons. The molecule has 0 saturated carbocycles. The van der Waals surface area contributed by atoms with Crippen LogP contribution in [0.1, 0.15) is 31.4 Å². The van der Waals surface area contributed by atoms with E-state index in [9.17, 15) is 13.2 Å². The predicted octanol–water partition coefficient (Wildman–Crippen LogP) is 3.45. The molecule has 1 aliphatic rings. The Hall–Kier alpha value is -1.70. The standard InChI is InChI=1S/C18H21NO4S2/c1-14(15-6-3-2-4-7-15)23-18(20)16-9-11-19(12-10-16)25(21,22)17-8-5-13-24-17/h2-8,13-14,16H,9-12H2,1H3/t14-/m0/s1. The maximum absolute atomic E-state index is 12.5. The van der Waals surface area contributed by atoms with Gasteiger partial charge in [0.1, 0.15) is 10.3 Å². The van der Waals surface area contributed by atoms with Crippen LogP contribution in [0.3, 0.4) is 0 Å². The Morgan fingerprint density at radius 3 is 2.44 bits per heavy atom. The van der Waals surface area contributed by atoms with Gasteiger partial charge in [-0.15, -0.1) is 11.3 Å². The molecule has 1 saturated heterocycles. The molecule has 0 amide bonds. The minimum atomic E-state index is -3.43. The van der Waals surface area contributed by atoms with E-state index in [-0.39, 0.29) is 18.0 Å². The van der Waals surface area contributed by atoms with Crippen LogP contribution in [0.4, 0.5) is 0 Å². The van der Waals surface area contributed by atoms with Crippen molar-refractivity contribution in [2.45, 2.75) is 30.1 Å². The number of hydrogen-bond donors (Lipinski definition) is 0. The first kappa shape index (κ1) is 18.1. The lowest BCUT2D eigenvalue weighted by atomic mass is 9.98.